The predicted octanol–water partition coefficient (Wildman–Crippen LogP) is 4.14. The molecule has 28 heavy (non-hydrogen) atoms. The quantitative estimate of drug-likeness (QED) is 0.529. The molecule has 0 bridgehead atoms. The first-order valence-corrected chi connectivity index (χ1v) is 9.28. The number of aromatic nitrogens is 5. The van der Waals surface area contributed by atoms with Crippen molar-refractivity contribution in [2.75, 3.05) is 19.0 Å². The van der Waals surface area contributed by atoms with Gasteiger partial charge in [-0.1, -0.05) is 12.1 Å². The Morgan fingerprint density at radius 2 is 1.96 bits per heavy atom. The number of H-pyrrole nitrogens is 1. The molecule has 4 aromatic rings. The maximum Gasteiger partial charge on any atom is 0.226 e. The zero-order valence-electron chi connectivity index (χ0n) is 16.6. The highest BCUT2D eigenvalue weighted by Gasteiger charge is 2.14. The largest absolute Gasteiger partial charge is 0.383 e. The third-order valence-electron chi connectivity index (χ3n) is 5.08. The van der Waals surface area contributed by atoms with E-state index in [9.17, 15) is 0 Å². The minimum absolute atomic E-state index is 0.560. The van der Waals surface area contributed by atoms with E-state index in [2.05, 4.69) is 54.5 Å². The van der Waals surface area contributed by atoms with Crippen molar-refractivity contribution in [2.45, 2.75) is 27.3 Å². The molecule has 0 aliphatic carbocycles. The van der Waals surface area contributed by atoms with Crippen LogP contribution in [0.25, 0.3) is 22.3 Å². The predicted molar refractivity (Wildman–Crippen MR) is 111 cm³/mol. The van der Waals surface area contributed by atoms with E-state index in [4.69, 9.17) is 14.8 Å². The monoisotopic (exact) mass is 376 g/mol. The number of ether oxygens (including phenoxy) is 1. The molecule has 0 atom stereocenters. The summed E-state index contributed by atoms with van der Waals surface area (Å²) < 4.78 is 7.10. The number of methoxy groups -OCH3 is 1. The number of rotatable bonds is 6. The number of aryl methyl sites for hydroxylation is 3. The molecule has 2 heterocycles. The van der Waals surface area contributed by atoms with Crippen LogP contribution in [0.5, 0.6) is 0 Å². The molecule has 2 aromatic carbocycles. The van der Waals surface area contributed by atoms with Crippen molar-refractivity contribution in [2.24, 2.45) is 0 Å². The van der Waals surface area contributed by atoms with Gasteiger partial charge in [-0.25, -0.2) is 4.68 Å². The van der Waals surface area contributed by atoms with Crippen molar-refractivity contribution in [1.82, 2.24) is 25.0 Å². The lowest BCUT2D eigenvalue weighted by atomic mass is 10.1. The number of nitrogens with one attached hydrogen (secondary N) is 2. The highest BCUT2D eigenvalue weighted by atomic mass is 16.5. The Hall–Kier alpha value is -3.19. The van der Waals surface area contributed by atoms with Crippen molar-refractivity contribution in [3.8, 4) is 11.4 Å². The summed E-state index contributed by atoms with van der Waals surface area (Å²) in [6.45, 7) is 7.45. The van der Waals surface area contributed by atoms with Crippen LogP contribution >= 0.6 is 0 Å². The van der Waals surface area contributed by atoms with Gasteiger partial charge < -0.3 is 10.1 Å². The molecule has 0 unspecified atom stereocenters. The van der Waals surface area contributed by atoms with Crippen molar-refractivity contribution in [3.63, 3.8) is 0 Å². The molecule has 0 fully saturated rings. The summed E-state index contributed by atoms with van der Waals surface area (Å²) in [6.07, 6.45) is 1.84. The van der Waals surface area contributed by atoms with E-state index in [1.54, 1.807) is 7.11 Å². The molecule has 0 aliphatic heterocycles. The molecule has 144 valence electrons. The number of benzene rings is 2. The van der Waals surface area contributed by atoms with Crippen molar-refractivity contribution < 1.29 is 4.74 Å². The zero-order chi connectivity index (χ0) is 19.7. The van der Waals surface area contributed by atoms with Crippen LogP contribution in [0.15, 0.2) is 36.5 Å². The number of fused-ring (bicyclic) bond motifs is 1. The summed E-state index contributed by atoms with van der Waals surface area (Å²) >= 11 is 0. The molecule has 0 saturated carbocycles. The summed E-state index contributed by atoms with van der Waals surface area (Å²) in [5, 5.41) is 16.4. The maximum atomic E-state index is 5.24. The van der Waals surface area contributed by atoms with Gasteiger partial charge in [0, 0.05) is 23.7 Å². The van der Waals surface area contributed by atoms with Gasteiger partial charge >= 0.3 is 0 Å². The van der Waals surface area contributed by atoms with Gasteiger partial charge in [0.15, 0.2) is 5.82 Å². The van der Waals surface area contributed by atoms with E-state index in [0.29, 0.717) is 24.9 Å². The fourth-order valence-corrected chi connectivity index (χ4v) is 3.19. The Morgan fingerprint density at radius 1 is 1.11 bits per heavy atom. The lowest BCUT2D eigenvalue weighted by molar-refractivity contribution is 0.184. The number of nitrogens with zero attached hydrogens (tertiary/aromatic N) is 4. The molecular weight excluding hydrogens is 352 g/mol. The van der Waals surface area contributed by atoms with E-state index < -0.39 is 0 Å². The number of hydrogen-bond acceptors (Lipinski definition) is 5. The van der Waals surface area contributed by atoms with Gasteiger partial charge in [-0.3, -0.25) is 5.10 Å². The van der Waals surface area contributed by atoms with E-state index in [0.717, 1.165) is 27.7 Å². The first kappa shape index (κ1) is 18.2. The summed E-state index contributed by atoms with van der Waals surface area (Å²) in [5.41, 5.74) is 6.59. The molecule has 0 amide bonds. The van der Waals surface area contributed by atoms with Gasteiger partial charge in [-0.05, 0) is 55.7 Å². The van der Waals surface area contributed by atoms with Crippen LogP contribution in [0.1, 0.15) is 16.7 Å². The molecule has 0 radical (unpaired) electrons. The average molecular weight is 376 g/mol. The maximum absolute atomic E-state index is 5.24. The van der Waals surface area contributed by atoms with Gasteiger partial charge in [-0.2, -0.15) is 10.1 Å². The van der Waals surface area contributed by atoms with Crippen molar-refractivity contribution in [1.29, 1.82) is 0 Å². The van der Waals surface area contributed by atoms with E-state index >= 15 is 0 Å². The Kier molecular flexibility index (Phi) is 4.83. The van der Waals surface area contributed by atoms with Gasteiger partial charge in [0.25, 0.3) is 0 Å². The molecule has 7 heteroatoms. The minimum Gasteiger partial charge on any atom is -0.383 e. The lowest BCUT2D eigenvalue weighted by Crippen LogP contribution is -2.10. The summed E-state index contributed by atoms with van der Waals surface area (Å²) in [6, 6.07) is 10.3. The molecule has 2 N–H and O–H groups in total. The SMILES string of the molecule is COCCn1nc(-c2ccc(C)c(C)c2)nc1Nc1ccc2[nH]ncc2c1C. The summed E-state index contributed by atoms with van der Waals surface area (Å²) in [5.74, 6) is 1.39. The van der Waals surface area contributed by atoms with Crippen molar-refractivity contribution in [3.05, 3.63) is 53.2 Å². The fraction of sp³-hybridized carbons (Fsp3) is 0.286. The second kappa shape index (κ2) is 7.44. The van der Waals surface area contributed by atoms with Crippen LogP contribution in [-0.2, 0) is 11.3 Å². The molecular formula is C21H24N6O. The highest BCUT2D eigenvalue weighted by molar-refractivity contribution is 5.87. The molecule has 0 spiro atoms. The first-order chi connectivity index (χ1) is 13.6. The third kappa shape index (κ3) is 3.36. The van der Waals surface area contributed by atoms with E-state index in [-0.39, 0.29) is 0 Å². The van der Waals surface area contributed by atoms with Crippen LogP contribution in [0.2, 0.25) is 0 Å². The van der Waals surface area contributed by atoms with E-state index in [1.807, 2.05) is 23.0 Å². The van der Waals surface area contributed by atoms with Crippen LogP contribution in [0.4, 0.5) is 11.6 Å². The van der Waals surface area contributed by atoms with Gasteiger partial charge in [0.05, 0.1) is 24.9 Å². The third-order valence-corrected chi connectivity index (χ3v) is 5.08. The topological polar surface area (TPSA) is 80.6 Å². The number of hydrogen-bond donors (Lipinski definition) is 2. The van der Waals surface area contributed by atoms with Crippen molar-refractivity contribution >= 4 is 22.5 Å². The standard InChI is InChI=1S/C21H24N6O/c1-13-5-6-16(11-14(13)2)20-24-21(27(26-20)9-10-28-4)23-18-7-8-19-17(15(18)3)12-22-25-19/h5-8,11-12H,9-10H2,1-4H3,(H,22,25)(H,23,24,26). The smallest absolute Gasteiger partial charge is 0.226 e. The Bertz CT molecular complexity index is 1130. The number of aromatic amines is 1. The summed E-state index contributed by atoms with van der Waals surface area (Å²) in [4.78, 5) is 4.77. The highest BCUT2D eigenvalue weighted by Crippen LogP contribution is 2.28. The zero-order valence-corrected chi connectivity index (χ0v) is 16.6. The van der Waals surface area contributed by atoms with Gasteiger partial charge in [-0.15, -0.1) is 5.10 Å². The molecule has 4 rings (SSSR count). The Balaban J connectivity index is 1.72. The lowest BCUT2D eigenvalue weighted by Gasteiger charge is -2.10. The van der Waals surface area contributed by atoms with Gasteiger partial charge in [0.2, 0.25) is 5.95 Å². The van der Waals surface area contributed by atoms with Crippen LogP contribution in [-0.4, -0.2) is 38.7 Å². The first-order valence-electron chi connectivity index (χ1n) is 9.28. The molecule has 0 saturated heterocycles. The number of anilines is 2. The molecule has 0 aliphatic rings. The average Bonchev–Trinajstić information content (AvgIpc) is 3.32. The van der Waals surface area contributed by atoms with Crippen LogP contribution in [0.3, 0.4) is 0 Å². The van der Waals surface area contributed by atoms with Gasteiger partial charge in [0.1, 0.15) is 0 Å². The summed E-state index contributed by atoms with van der Waals surface area (Å²) in [7, 11) is 1.69. The normalized spacial score (nSPS) is 11.3. The second-order valence-electron chi connectivity index (χ2n) is 6.97. The van der Waals surface area contributed by atoms with E-state index in [1.165, 1.54) is 11.1 Å². The second-order valence-corrected chi connectivity index (χ2v) is 6.97. The fourth-order valence-electron chi connectivity index (χ4n) is 3.19. The Labute approximate surface area is 163 Å². The minimum atomic E-state index is 0.560. The Morgan fingerprint density at radius 3 is 2.75 bits per heavy atom. The van der Waals surface area contributed by atoms with Crippen LogP contribution in [0, 0.1) is 20.8 Å². The molecule has 7 nitrogen and oxygen atoms in total. The van der Waals surface area contributed by atoms with Crippen LogP contribution < -0.4 is 5.32 Å². The molecule has 2 aromatic heterocycles.